The Morgan fingerprint density at radius 2 is 1.73 bits per heavy atom. The first-order valence-electron chi connectivity index (χ1n) is 10.3. The molecule has 3 aromatic rings. The van der Waals surface area contributed by atoms with Crippen molar-refractivity contribution >= 4 is 22.6 Å². The number of amides is 2. The molecule has 1 aliphatic rings. The van der Waals surface area contributed by atoms with Gasteiger partial charge < -0.3 is 16.0 Å². The number of hydrogen-bond donors (Lipinski definition) is 2. The van der Waals surface area contributed by atoms with Crippen LogP contribution in [0.4, 0.5) is 0 Å². The first-order chi connectivity index (χ1) is 14.5. The summed E-state index contributed by atoms with van der Waals surface area (Å²) in [4.78, 5) is 26.9. The largest absolute Gasteiger partial charge is 0.368 e. The van der Waals surface area contributed by atoms with Gasteiger partial charge in [0, 0.05) is 19.0 Å². The molecule has 3 aromatic carbocycles. The van der Waals surface area contributed by atoms with Gasteiger partial charge in [0.2, 0.25) is 11.8 Å². The molecule has 30 heavy (non-hydrogen) atoms. The zero-order valence-corrected chi connectivity index (χ0v) is 17.2. The maximum atomic E-state index is 12.8. The van der Waals surface area contributed by atoms with Gasteiger partial charge in [-0.3, -0.25) is 9.59 Å². The van der Waals surface area contributed by atoms with Crippen LogP contribution in [0.15, 0.2) is 72.8 Å². The summed E-state index contributed by atoms with van der Waals surface area (Å²) in [5, 5.41) is 5.73. The molecular weight excluding hydrogens is 374 g/mol. The predicted octanol–water partition coefficient (Wildman–Crippen LogP) is 2.67. The third-order valence-corrected chi connectivity index (χ3v) is 6.06. The second kappa shape index (κ2) is 8.28. The lowest BCUT2D eigenvalue weighted by molar-refractivity contribution is -0.147. The number of fused-ring (bicyclic) bond motifs is 1. The molecular formula is C25H27N3O2. The Bertz CT molecular complexity index is 1070. The Morgan fingerprint density at radius 1 is 1.03 bits per heavy atom. The highest BCUT2D eigenvalue weighted by molar-refractivity contribution is 5.91. The maximum Gasteiger partial charge on any atom is 0.243 e. The summed E-state index contributed by atoms with van der Waals surface area (Å²) in [5.41, 5.74) is 6.93. The second-order valence-corrected chi connectivity index (χ2v) is 8.27. The molecule has 0 aliphatic carbocycles. The zero-order valence-electron chi connectivity index (χ0n) is 17.2. The molecule has 3 N–H and O–H groups in total. The normalized spacial score (nSPS) is 18.9. The molecule has 0 bridgehead atoms. The molecule has 0 spiro atoms. The highest BCUT2D eigenvalue weighted by Crippen LogP contribution is 2.24. The van der Waals surface area contributed by atoms with E-state index in [2.05, 4.69) is 35.6 Å². The number of benzene rings is 3. The fourth-order valence-corrected chi connectivity index (χ4v) is 4.29. The van der Waals surface area contributed by atoms with E-state index in [1.165, 1.54) is 16.3 Å². The van der Waals surface area contributed by atoms with Crippen LogP contribution in [0.1, 0.15) is 18.1 Å². The smallest absolute Gasteiger partial charge is 0.243 e. The van der Waals surface area contributed by atoms with Crippen LogP contribution in [0.5, 0.6) is 0 Å². The number of nitrogens with zero attached hydrogens (tertiary/aromatic N) is 1. The van der Waals surface area contributed by atoms with Crippen molar-refractivity contribution in [3.05, 3.63) is 83.9 Å². The number of carbonyl (C=O) groups excluding carboxylic acids is 2. The molecule has 2 amide bonds. The number of nitrogens with one attached hydrogen (secondary N) is 1. The van der Waals surface area contributed by atoms with E-state index in [-0.39, 0.29) is 18.5 Å². The van der Waals surface area contributed by atoms with Crippen molar-refractivity contribution in [3.63, 3.8) is 0 Å². The number of piperazine rings is 1. The highest BCUT2D eigenvalue weighted by atomic mass is 16.2. The fraction of sp³-hybridized carbons (Fsp3) is 0.280. The van der Waals surface area contributed by atoms with Gasteiger partial charge in [-0.25, -0.2) is 0 Å². The lowest BCUT2D eigenvalue weighted by Crippen LogP contribution is -2.66. The Hall–Kier alpha value is -3.18. The van der Waals surface area contributed by atoms with E-state index >= 15 is 0 Å². The van der Waals surface area contributed by atoms with Gasteiger partial charge in [0.05, 0.1) is 6.54 Å². The van der Waals surface area contributed by atoms with E-state index in [0.717, 1.165) is 12.0 Å². The van der Waals surface area contributed by atoms with Crippen LogP contribution in [-0.4, -0.2) is 41.4 Å². The SMILES string of the molecule is C[C@@](Cc1ccccc1)(C(N)=O)N1C[C@@H](Cc2ccc3ccccc3c2)NCC1=O. The minimum Gasteiger partial charge on any atom is -0.368 e. The van der Waals surface area contributed by atoms with Crippen LogP contribution in [0.2, 0.25) is 0 Å². The van der Waals surface area contributed by atoms with E-state index in [4.69, 9.17) is 5.73 Å². The maximum absolute atomic E-state index is 12.8. The number of rotatable bonds is 6. The van der Waals surface area contributed by atoms with Crippen molar-refractivity contribution in [2.45, 2.75) is 31.3 Å². The summed E-state index contributed by atoms with van der Waals surface area (Å²) in [6, 6.07) is 24.5. The summed E-state index contributed by atoms with van der Waals surface area (Å²) >= 11 is 0. The summed E-state index contributed by atoms with van der Waals surface area (Å²) in [5.74, 6) is -0.576. The molecule has 0 radical (unpaired) electrons. The van der Waals surface area contributed by atoms with Gasteiger partial charge in [0.1, 0.15) is 5.54 Å². The number of nitrogens with two attached hydrogens (primary N) is 1. The minimum absolute atomic E-state index is 0.0540. The van der Waals surface area contributed by atoms with Crippen LogP contribution < -0.4 is 11.1 Å². The van der Waals surface area contributed by atoms with E-state index in [0.29, 0.717) is 13.0 Å². The van der Waals surface area contributed by atoms with Crippen molar-refractivity contribution in [2.75, 3.05) is 13.1 Å². The Kier molecular flexibility index (Phi) is 5.55. The lowest BCUT2D eigenvalue weighted by atomic mass is 9.88. The van der Waals surface area contributed by atoms with Crippen LogP contribution in [0.3, 0.4) is 0 Å². The molecule has 1 heterocycles. The molecule has 1 aliphatic heterocycles. The van der Waals surface area contributed by atoms with Gasteiger partial charge in [-0.15, -0.1) is 0 Å². The molecule has 5 heteroatoms. The van der Waals surface area contributed by atoms with Crippen LogP contribution in [-0.2, 0) is 22.4 Å². The second-order valence-electron chi connectivity index (χ2n) is 8.27. The van der Waals surface area contributed by atoms with Crippen LogP contribution in [0, 0.1) is 0 Å². The van der Waals surface area contributed by atoms with Crippen molar-refractivity contribution < 1.29 is 9.59 Å². The molecule has 1 fully saturated rings. The Labute approximate surface area is 176 Å². The first-order valence-corrected chi connectivity index (χ1v) is 10.3. The number of primary amides is 1. The lowest BCUT2D eigenvalue weighted by Gasteiger charge is -2.44. The average molecular weight is 402 g/mol. The van der Waals surface area contributed by atoms with Crippen LogP contribution >= 0.6 is 0 Å². The standard InChI is InChI=1S/C25H27N3O2/c1-25(24(26)30,15-18-7-3-2-4-8-18)28-17-22(27-16-23(28)29)14-19-11-12-20-9-5-6-10-21(20)13-19/h2-13,22,27H,14-17H2,1H3,(H2,26,30)/t22-,25-/m1/s1. The molecule has 0 aromatic heterocycles. The average Bonchev–Trinajstić information content (AvgIpc) is 2.75. The third kappa shape index (κ3) is 4.07. The molecule has 154 valence electrons. The highest BCUT2D eigenvalue weighted by Gasteiger charge is 2.43. The van der Waals surface area contributed by atoms with Gasteiger partial charge in [-0.05, 0) is 35.2 Å². The Morgan fingerprint density at radius 3 is 2.47 bits per heavy atom. The van der Waals surface area contributed by atoms with Crippen LogP contribution in [0.25, 0.3) is 10.8 Å². The minimum atomic E-state index is -1.07. The van der Waals surface area contributed by atoms with Crippen molar-refractivity contribution in [3.8, 4) is 0 Å². The molecule has 5 nitrogen and oxygen atoms in total. The van der Waals surface area contributed by atoms with Gasteiger partial charge in [-0.1, -0.05) is 72.8 Å². The summed E-state index contributed by atoms with van der Waals surface area (Å²) in [6.45, 7) is 2.42. The van der Waals surface area contributed by atoms with E-state index in [9.17, 15) is 9.59 Å². The van der Waals surface area contributed by atoms with Crippen molar-refractivity contribution in [1.29, 1.82) is 0 Å². The van der Waals surface area contributed by atoms with E-state index < -0.39 is 11.4 Å². The molecule has 1 saturated heterocycles. The molecule has 0 saturated carbocycles. The first kappa shape index (κ1) is 20.1. The molecule has 4 rings (SSSR count). The quantitative estimate of drug-likeness (QED) is 0.667. The monoisotopic (exact) mass is 401 g/mol. The number of carbonyl (C=O) groups is 2. The van der Waals surface area contributed by atoms with Gasteiger partial charge in [0.15, 0.2) is 0 Å². The molecule has 0 unspecified atom stereocenters. The fourth-order valence-electron chi connectivity index (χ4n) is 4.29. The van der Waals surface area contributed by atoms with Crippen molar-refractivity contribution in [2.24, 2.45) is 5.73 Å². The van der Waals surface area contributed by atoms with Gasteiger partial charge >= 0.3 is 0 Å². The number of hydrogen-bond acceptors (Lipinski definition) is 3. The van der Waals surface area contributed by atoms with E-state index in [1.807, 2.05) is 42.5 Å². The third-order valence-electron chi connectivity index (χ3n) is 6.06. The molecule has 2 atom stereocenters. The summed E-state index contributed by atoms with van der Waals surface area (Å²) in [6.07, 6.45) is 1.17. The summed E-state index contributed by atoms with van der Waals surface area (Å²) < 4.78 is 0. The summed E-state index contributed by atoms with van der Waals surface area (Å²) in [7, 11) is 0. The van der Waals surface area contributed by atoms with E-state index in [1.54, 1.807) is 11.8 Å². The zero-order chi connectivity index (χ0) is 21.1. The van der Waals surface area contributed by atoms with Gasteiger partial charge in [0.25, 0.3) is 0 Å². The topological polar surface area (TPSA) is 75.4 Å². The van der Waals surface area contributed by atoms with Gasteiger partial charge in [-0.2, -0.15) is 0 Å². The van der Waals surface area contributed by atoms with Crippen molar-refractivity contribution in [1.82, 2.24) is 10.2 Å². The predicted molar refractivity (Wildman–Crippen MR) is 119 cm³/mol. The Balaban J connectivity index is 1.55.